The summed E-state index contributed by atoms with van der Waals surface area (Å²) in [5, 5.41) is 4.92. The highest BCUT2D eigenvalue weighted by molar-refractivity contribution is 6.22. The molecule has 11 aromatic rings. The van der Waals surface area contributed by atoms with E-state index in [2.05, 4.69) is 304 Å². The van der Waals surface area contributed by atoms with Crippen molar-refractivity contribution >= 4 is 80.0 Å². The third-order valence-electron chi connectivity index (χ3n) is 15.8. The molecule has 2 nitrogen and oxygen atoms in total. The highest BCUT2D eigenvalue weighted by atomic mass is 15.2. The summed E-state index contributed by atoms with van der Waals surface area (Å²) >= 11 is 0. The molecule has 0 aliphatic carbocycles. The van der Waals surface area contributed by atoms with Crippen molar-refractivity contribution in [1.29, 1.82) is 0 Å². The van der Waals surface area contributed by atoms with Gasteiger partial charge in [0.2, 0.25) is 0 Å². The van der Waals surface area contributed by atoms with Crippen molar-refractivity contribution in [3.05, 3.63) is 287 Å². The van der Waals surface area contributed by atoms with Crippen LogP contribution in [0.15, 0.2) is 243 Å². The van der Waals surface area contributed by atoms with Gasteiger partial charge in [-0.3, -0.25) is 0 Å². The smallest absolute Gasteiger partial charge is 0.0502 e. The van der Waals surface area contributed by atoms with Crippen LogP contribution in [0.25, 0.3) is 68.1 Å². The van der Waals surface area contributed by atoms with E-state index < -0.39 is 0 Å². The first kappa shape index (κ1) is 44.9. The van der Waals surface area contributed by atoms with Crippen LogP contribution in [0, 0.1) is 0 Å². The summed E-state index contributed by atoms with van der Waals surface area (Å²) in [7, 11) is 0. The second-order valence-electron chi connectivity index (χ2n) is 20.9. The van der Waals surface area contributed by atoms with Crippen LogP contribution in [0.2, 0.25) is 0 Å². The van der Waals surface area contributed by atoms with Gasteiger partial charge >= 0.3 is 0 Å². The Morgan fingerprint density at radius 1 is 0.270 bits per heavy atom. The Morgan fingerprint density at radius 2 is 0.554 bits per heavy atom. The minimum absolute atomic E-state index is 0.0949. The van der Waals surface area contributed by atoms with Crippen LogP contribution >= 0.6 is 0 Å². The molecule has 2 heterocycles. The zero-order valence-electron chi connectivity index (χ0n) is 42.3. The Balaban J connectivity index is 0.872. The highest BCUT2D eigenvalue weighted by Crippen LogP contribution is 2.53. The van der Waals surface area contributed by atoms with Gasteiger partial charge in [-0.15, -0.1) is 0 Å². The van der Waals surface area contributed by atoms with Crippen LogP contribution in [0.1, 0.15) is 72.2 Å². The minimum atomic E-state index is -0.0949. The molecule has 0 spiro atoms. The third-order valence-corrected chi connectivity index (χ3v) is 15.8. The van der Waals surface area contributed by atoms with Crippen molar-refractivity contribution in [2.75, 3.05) is 9.80 Å². The van der Waals surface area contributed by atoms with E-state index in [0.717, 1.165) is 33.6 Å². The minimum Gasteiger partial charge on any atom is -0.310 e. The molecule has 0 atom stereocenters. The molecular formula is C72H56N2. The monoisotopic (exact) mass is 948 g/mol. The van der Waals surface area contributed by atoms with Gasteiger partial charge in [0.1, 0.15) is 0 Å². The van der Waals surface area contributed by atoms with Gasteiger partial charge in [-0.2, -0.15) is 0 Å². The van der Waals surface area contributed by atoms with Gasteiger partial charge in [-0.05, 0) is 149 Å². The van der Waals surface area contributed by atoms with E-state index in [-0.39, 0.29) is 10.8 Å². The molecule has 0 saturated heterocycles. The van der Waals surface area contributed by atoms with Gasteiger partial charge in [-0.25, -0.2) is 0 Å². The maximum atomic E-state index is 2.42. The van der Waals surface area contributed by atoms with Gasteiger partial charge in [0.05, 0.1) is 22.7 Å². The molecule has 2 aliphatic heterocycles. The standard InChI is InChI=1S/C72H56N2/c1-71(2)61-23-11-15-27-65(61)73(66-28-16-12-24-62(66)71)55-41-35-49(36-42-55)31-33-51-39-45-57-59(47-51)60-48-52(40-46-58(60)70(54-21-9-6-10-22-54)69(57)53-19-7-5-8-20-53)34-32-50-37-43-56(44-38-50)74-67-29-17-13-25-63(67)72(3,4)64-26-14-18-30-68(64)74/h5-48H,1-4H3/b33-31+,34-32+. The summed E-state index contributed by atoms with van der Waals surface area (Å²) in [6.45, 7) is 9.34. The van der Waals surface area contributed by atoms with Gasteiger partial charge in [0.25, 0.3) is 0 Å². The molecule has 13 rings (SSSR count). The maximum absolute atomic E-state index is 2.42. The highest BCUT2D eigenvalue weighted by Gasteiger charge is 2.38. The van der Waals surface area contributed by atoms with Crippen molar-refractivity contribution in [2.24, 2.45) is 0 Å². The third kappa shape index (κ3) is 7.56. The van der Waals surface area contributed by atoms with E-state index in [9.17, 15) is 0 Å². The predicted molar refractivity (Wildman–Crippen MR) is 317 cm³/mol. The van der Waals surface area contributed by atoms with Gasteiger partial charge in [0, 0.05) is 22.2 Å². The van der Waals surface area contributed by atoms with E-state index in [1.54, 1.807) is 0 Å². The molecule has 0 aromatic heterocycles. The molecule has 11 aromatic carbocycles. The van der Waals surface area contributed by atoms with Gasteiger partial charge < -0.3 is 9.80 Å². The first-order chi connectivity index (χ1) is 36.2. The summed E-state index contributed by atoms with van der Waals surface area (Å²) in [6.07, 6.45) is 9.01. The lowest BCUT2D eigenvalue weighted by Gasteiger charge is -2.42. The van der Waals surface area contributed by atoms with Crippen LogP contribution < -0.4 is 9.80 Å². The number of benzene rings is 11. The van der Waals surface area contributed by atoms with Crippen LogP contribution in [-0.2, 0) is 10.8 Å². The average molecular weight is 949 g/mol. The molecule has 0 saturated carbocycles. The number of rotatable bonds is 8. The number of anilines is 6. The Morgan fingerprint density at radius 3 is 0.892 bits per heavy atom. The molecule has 0 N–H and O–H groups in total. The molecule has 0 radical (unpaired) electrons. The van der Waals surface area contributed by atoms with E-state index in [1.165, 1.54) is 88.8 Å². The molecule has 0 fully saturated rings. The summed E-state index contributed by atoms with van der Waals surface area (Å²) in [4.78, 5) is 4.83. The van der Waals surface area contributed by atoms with Gasteiger partial charge in [-0.1, -0.05) is 234 Å². The van der Waals surface area contributed by atoms with Crippen LogP contribution in [-0.4, -0.2) is 0 Å². The number of fused-ring (bicyclic) bond motifs is 7. The van der Waals surface area contributed by atoms with Crippen molar-refractivity contribution in [1.82, 2.24) is 0 Å². The molecular weight excluding hydrogens is 893 g/mol. The molecule has 2 aliphatic rings. The van der Waals surface area contributed by atoms with E-state index in [0.29, 0.717) is 0 Å². The van der Waals surface area contributed by atoms with E-state index in [4.69, 9.17) is 0 Å². The van der Waals surface area contributed by atoms with Crippen LogP contribution in [0.4, 0.5) is 34.1 Å². The fraction of sp³-hybridized carbons (Fsp3) is 0.0833. The Hall–Kier alpha value is -8.98. The summed E-state index contributed by atoms with van der Waals surface area (Å²) in [5.41, 5.74) is 21.9. The molecule has 0 amide bonds. The summed E-state index contributed by atoms with van der Waals surface area (Å²) in [5.74, 6) is 0. The Bertz CT molecular complexity index is 3630. The predicted octanol–water partition coefficient (Wildman–Crippen LogP) is 19.9. The van der Waals surface area contributed by atoms with Crippen molar-refractivity contribution in [2.45, 2.75) is 38.5 Å². The fourth-order valence-electron chi connectivity index (χ4n) is 12.0. The van der Waals surface area contributed by atoms with E-state index in [1.807, 2.05) is 0 Å². The zero-order valence-corrected chi connectivity index (χ0v) is 42.3. The molecule has 0 unspecified atom stereocenters. The lowest BCUT2D eigenvalue weighted by molar-refractivity contribution is 0.632. The second-order valence-corrected chi connectivity index (χ2v) is 20.9. The first-order valence-corrected chi connectivity index (χ1v) is 25.9. The Kier molecular flexibility index (Phi) is 10.9. The van der Waals surface area contributed by atoms with Crippen molar-refractivity contribution < 1.29 is 0 Å². The molecule has 0 bridgehead atoms. The summed E-state index contributed by atoms with van der Waals surface area (Å²) in [6, 6.07) is 89.2. The van der Waals surface area contributed by atoms with Crippen molar-refractivity contribution in [3.63, 3.8) is 0 Å². The fourth-order valence-corrected chi connectivity index (χ4v) is 12.0. The topological polar surface area (TPSA) is 6.48 Å². The number of nitrogens with zero attached hydrogens (tertiary/aromatic N) is 2. The number of para-hydroxylation sites is 4. The van der Waals surface area contributed by atoms with Gasteiger partial charge in [0.15, 0.2) is 0 Å². The van der Waals surface area contributed by atoms with E-state index >= 15 is 0 Å². The molecule has 2 heteroatoms. The van der Waals surface area contributed by atoms with Crippen molar-refractivity contribution in [3.8, 4) is 22.3 Å². The van der Waals surface area contributed by atoms with Crippen LogP contribution in [0.3, 0.4) is 0 Å². The quantitative estimate of drug-likeness (QED) is 0.111. The SMILES string of the molecule is CC1(C)c2ccccc2N(c2ccc(/C=C/c3ccc4c(-c5ccccc5)c(-c5ccccc5)c5ccc(/C=C/c6ccc(N7c8ccccc8C(C)(C)c8ccccc87)cc6)cc5c4c3)cc2)c2ccccc21. The molecule has 354 valence electrons. The number of hydrogen-bond donors (Lipinski definition) is 0. The summed E-state index contributed by atoms with van der Waals surface area (Å²) < 4.78 is 0. The zero-order chi connectivity index (χ0) is 50.0. The molecule has 74 heavy (non-hydrogen) atoms. The normalized spacial score (nSPS) is 14.3. The lowest BCUT2D eigenvalue weighted by Crippen LogP contribution is -2.30. The first-order valence-electron chi connectivity index (χ1n) is 25.9. The second kappa shape index (κ2) is 17.9. The average Bonchev–Trinajstić information content (AvgIpc) is 3.48. The largest absolute Gasteiger partial charge is 0.310 e. The number of hydrogen-bond acceptors (Lipinski definition) is 2. The van der Waals surface area contributed by atoms with Crippen LogP contribution in [0.5, 0.6) is 0 Å². The maximum Gasteiger partial charge on any atom is 0.0502 e. The Labute approximate surface area is 435 Å². The lowest BCUT2D eigenvalue weighted by atomic mass is 9.73.